The lowest BCUT2D eigenvalue weighted by Gasteiger charge is -2.08. The van der Waals surface area contributed by atoms with Crippen molar-refractivity contribution in [3.63, 3.8) is 0 Å². The Morgan fingerprint density at radius 1 is 1.33 bits per heavy atom. The van der Waals surface area contributed by atoms with Gasteiger partial charge in [-0.25, -0.2) is 4.79 Å². The van der Waals surface area contributed by atoms with Gasteiger partial charge in [-0.2, -0.15) is 0 Å². The molecule has 0 aromatic heterocycles. The van der Waals surface area contributed by atoms with Crippen LogP contribution >= 0.6 is 0 Å². The number of rotatable bonds is 10. The topological polar surface area (TPSA) is 65.0 Å². The van der Waals surface area contributed by atoms with Crippen LogP contribution in [0.5, 0.6) is 0 Å². The molecule has 88 valence electrons. The minimum atomic E-state index is -0.968. The van der Waals surface area contributed by atoms with Crippen molar-refractivity contribution >= 4 is 5.97 Å². The Morgan fingerprint density at radius 2 is 1.93 bits per heavy atom. The summed E-state index contributed by atoms with van der Waals surface area (Å²) in [7, 11) is 0. The zero-order valence-electron chi connectivity index (χ0n) is 8.98. The minimum Gasteiger partial charge on any atom is -0.479 e. The average molecular weight is 218 g/mol. The number of aliphatic carboxylic acids is 1. The molecule has 0 saturated heterocycles. The van der Waals surface area contributed by atoms with E-state index in [4.69, 9.17) is 19.3 Å². The van der Waals surface area contributed by atoms with Crippen molar-refractivity contribution in [2.45, 2.75) is 13.0 Å². The van der Waals surface area contributed by atoms with Gasteiger partial charge in [0.2, 0.25) is 0 Å². The Morgan fingerprint density at radius 3 is 2.53 bits per heavy atom. The Bertz CT molecular complexity index is 181. The Balaban J connectivity index is 3.11. The Kier molecular flexibility index (Phi) is 9.05. The first kappa shape index (κ1) is 14.1. The fourth-order valence-corrected chi connectivity index (χ4v) is 0.742. The van der Waals surface area contributed by atoms with Crippen LogP contribution in [0.2, 0.25) is 0 Å². The van der Waals surface area contributed by atoms with Gasteiger partial charge in [0.15, 0.2) is 6.10 Å². The van der Waals surface area contributed by atoms with Crippen LogP contribution < -0.4 is 0 Å². The van der Waals surface area contributed by atoms with Crippen molar-refractivity contribution in [2.24, 2.45) is 0 Å². The van der Waals surface area contributed by atoms with Crippen LogP contribution in [0.1, 0.15) is 6.92 Å². The molecule has 1 atom stereocenters. The van der Waals surface area contributed by atoms with Crippen molar-refractivity contribution in [3.8, 4) is 0 Å². The summed E-state index contributed by atoms with van der Waals surface area (Å²) in [4.78, 5) is 10.3. The van der Waals surface area contributed by atoms with E-state index in [1.54, 1.807) is 6.08 Å². The summed E-state index contributed by atoms with van der Waals surface area (Å²) in [5, 5.41) is 8.49. The molecule has 0 aliphatic rings. The summed E-state index contributed by atoms with van der Waals surface area (Å²) >= 11 is 0. The predicted molar refractivity (Wildman–Crippen MR) is 54.9 cm³/mol. The monoisotopic (exact) mass is 218 g/mol. The van der Waals surface area contributed by atoms with Gasteiger partial charge >= 0.3 is 5.97 Å². The summed E-state index contributed by atoms with van der Waals surface area (Å²) in [6.45, 7) is 7.11. The van der Waals surface area contributed by atoms with Gasteiger partial charge in [-0.1, -0.05) is 6.08 Å². The Labute approximate surface area is 89.6 Å². The van der Waals surface area contributed by atoms with Gasteiger partial charge in [0.1, 0.15) is 0 Å². The third-order valence-electron chi connectivity index (χ3n) is 1.55. The first-order valence-electron chi connectivity index (χ1n) is 4.79. The summed E-state index contributed by atoms with van der Waals surface area (Å²) < 4.78 is 15.2. The fourth-order valence-electron chi connectivity index (χ4n) is 0.742. The normalized spacial score (nSPS) is 12.3. The largest absolute Gasteiger partial charge is 0.479 e. The van der Waals surface area contributed by atoms with Gasteiger partial charge in [-0.15, -0.1) is 6.58 Å². The van der Waals surface area contributed by atoms with Crippen LogP contribution in [-0.2, 0) is 19.0 Å². The van der Waals surface area contributed by atoms with E-state index in [1.807, 2.05) is 0 Å². The molecule has 0 rings (SSSR count). The average Bonchev–Trinajstić information content (AvgIpc) is 2.21. The molecule has 0 amide bonds. The van der Waals surface area contributed by atoms with E-state index in [-0.39, 0.29) is 6.61 Å². The summed E-state index contributed by atoms with van der Waals surface area (Å²) in [6.07, 6.45) is 0.878. The van der Waals surface area contributed by atoms with Gasteiger partial charge in [-0.05, 0) is 6.92 Å². The number of ether oxygens (including phenoxy) is 3. The Hall–Kier alpha value is -0.910. The molecule has 0 aliphatic heterocycles. The number of hydrogen-bond donors (Lipinski definition) is 1. The molecule has 0 fully saturated rings. The van der Waals surface area contributed by atoms with Crippen LogP contribution in [0.3, 0.4) is 0 Å². The van der Waals surface area contributed by atoms with Crippen molar-refractivity contribution < 1.29 is 24.1 Å². The molecular formula is C10H18O5. The van der Waals surface area contributed by atoms with Crippen molar-refractivity contribution in [3.05, 3.63) is 12.7 Å². The van der Waals surface area contributed by atoms with Crippen molar-refractivity contribution in [2.75, 3.05) is 33.0 Å². The van der Waals surface area contributed by atoms with Gasteiger partial charge in [0.05, 0.1) is 33.0 Å². The molecule has 0 saturated carbocycles. The maximum absolute atomic E-state index is 10.3. The predicted octanol–water partition coefficient (Wildman–Crippen LogP) is 0.695. The van der Waals surface area contributed by atoms with Gasteiger partial charge in [0, 0.05) is 0 Å². The number of carboxylic acids is 1. The zero-order chi connectivity index (χ0) is 11.5. The zero-order valence-corrected chi connectivity index (χ0v) is 8.98. The molecule has 0 radical (unpaired) electrons. The lowest BCUT2D eigenvalue weighted by Crippen LogP contribution is -2.22. The lowest BCUT2D eigenvalue weighted by molar-refractivity contribution is -0.150. The van der Waals surface area contributed by atoms with E-state index >= 15 is 0 Å². The van der Waals surface area contributed by atoms with E-state index in [2.05, 4.69) is 6.58 Å². The fraction of sp³-hybridized carbons (Fsp3) is 0.700. The molecule has 0 aliphatic carbocycles. The highest BCUT2D eigenvalue weighted by molar-refractivity contribution is 5.71. The lowest BCUT2D eigenvalue weighted by atomic mass is 10.4. The molecule has 0 heterocycles. The maximum atomic E-state index is 10.3. The van der Waals surface area contributed by atoms with Gasteiger partial charge < -0.3 is 19.3 Å². The summed E-state index contributed by atoms with van der Waals surface area (Å²) in [5.41, 5.74) is 0. The van der Waals surface area contributed by atoms with Crippen LogP contribution in [0, 0.1) is 0 Å². The van der Waals surface area contributed by atoms with E-state index < -0.39 is 12.1 Å². The highest BCUT2D eigenvalue weighted by atomic mass is 16.6. The second kappa shape index (κ2) is 9.64. The maximum Gasteiger partial charge on any atom is 0.332 e. The van der Waals surface area contributed by atoms with Gasteiger partial charge in [0.25, 0.3) is 0 Å². The standard InChI is InChI=1S/C10H18O5/c1-3-4-13-5-6-14-7-8-15-9(2)10(11)12/h3,9H,1,4-8H2,2H3,(H,11,12). The van der Waals surface area contributed by atoms with E-state index in [0.29, 0.717) is 26.4 Å². The molecule has 1 unspecified atom stereocenters. The molecule has 5 heteroatoms. The molecule has 0 aromatic rings. The van der Waals surface area contributed by atoms with Crippen LogP contribution in [0.25, 0.3) is 0 Å². The number of carboxylic acid groups (broad SMARTS) is 1. The highest BCUT2D eigenvalue weighted by Gasteiger charge is 2.09. The third-order valence-corrected chi connectivity index (χ3v) is 1.55. The van der Waals surface area contributed by atoms with Crippen LogP contribution in [-0.4, -0.2) is 50.2 Å². The highest BCUT2D eigenvalue weighted by Crippen LogP contribution is 1.90. The quantitative estimate of drug-likeness (QED) is 0.432. The number of hydrogen-bond acceptors (Lipinski definition) is 4. The van der Waals surface area contributed by atoms with Crippen molar-refractivity contribution in [1.29, 1.82) is 0 Å². The van der Waals surface area contributed by atoms with Crippen molar-refractivity contribution in [1.82, 2.24) is 0 Å². The summed E-state index contributed by atoms with van der Waals surface area (Å²) in [6, 6.07) is 0. The molecule has 5 nitrogen and oxygen atoms in total. The van der Waals surface area contributed by atoms with Crippen LogP contribution in [0.15, 0.2) is 12.7 Å². The number of carbonyl (C=O) groups is 1. The first-order valence-corrected chi connectivity index (χ1v) is 4.79. The molecule has 1 N–H and O–H groups in total. The second-order valence-corrected chi connectivity index (χ2v) is 2.83. The van der Waals surface area contributed by atoms with E-state index in [1.165, 1.54) is 6.92 Å². The molecular weight excluding hydrogens is 200 g/mol. The second-order valence-electron chi connectivity index (χ2n) is 2.83. The molecule has 0 bridgehead atoms. The molecule has 15 heavy (non-hydrogen) atoms. The van der Waals surface area contributed by atoms with E-state index in [0.717, 1.165) is 0 Å². The first-order chi connectivity index (χ1) is 7.18. The smallest absolute Gasteiger partial charge is 0.332 e. The van der Waals surface area contributed by atoms with Crippen LogP contribution in [0.4, 0.5) is 0 Å². The van der Waals surface area contributed by atoms with E-state index in [9.17, 15) is 4.79 Å². The molecule has 0 spiro atoms. The molecule has 0 aromatic carbocycles. The minimum absolute atomic E-state index is 0.273. The third kappa shape index (κ3) is 9.40. The summed E-state index contributed by atoms with van der Waals surface area (Å²) in [5.74, 6) is -0.968. The van der Waals surface area contributed by atoms with Gasteiger partial charge in [-0.3, -0.25) is 0 Å². The SMILES string of the molecule is C=CCOCCOCCOC(C)C(=O)O.